The van der Waals surface area contributed by atoms with Crippen molar-refractivity contribution >= 4 is 27.0 Å². The Morgan fingerprint density at radius 1 is 0.971 bits per heavy atom. The summed E-state index contributed by atoms with van der Waals surface area (Å²) in [5.41, 5.74) is 1.71. The Morgan fingerprint density at radius 2 is 1.71 bits per heavy atom. The molecule has 0 bridgehead atoms. The third kappa shape index (κ3) is 3.82. The molecule has 5 rings (SSSR count). The van der Waals surface area contributed by atoms with Gasteiger partial charge in [-0.2, -0.15) is 8.99 Å². The molecular formula is C21H19F2N7O3S. The lowest BCUT2D eigenvalue weighted by Crippen LogP contribution is -2.49. The summed E-state index contributed by atoms with van der Waals surface area (Å²) < 4.78 is 61.0. The van der Waals surface area contributed by atoms with E-state index in [1.54, 1.807) is 23.9 Å². The molecule has 1 saturated heterocycles. The fourth-order valence-electron chi connectivity index (χ4n) is 3.83. The van der Waals surface area contributed by atoms with Gasteiger partial charge in [-0.15, -0.1) is 5.10 Å². The molecule has 10 nitrogen and oxygen atoms in total. The minimum Gasteiger partial charge on any atom is -0.497 e. The van der Waals surface area contributed by atoms with E-state index in [2.05, 4.69) is 20.3 Å². The first-order valence-electron chi connectivity index (χ1n) is 10.3. The monoisotopic (exact) mass is 487 g/mol. The molecule has 2 aromatic carbocycles. The van der Waals surface area contributed by atoms with Crippen LogP contribution in [0.3, 0.4) is 0 Å². The van der Waals surface area contributed by atoms with Gasteiger partial charge in [-0.1, -0.05) is 5.21 Å². The number of nitrogens with zero attached hydrogens (tertiary/aromatic N) is 7. The largest absolute Gasteiger partial charge is 0.497 e. The second-order valence-corrected chi connectivity index (χ2v) is 9.44. The van der Waals surface area contributed by atoms with Crippen LogP contribution in [-0.4, -0.2) is 71.0 Å². The Morgan fingerprint density at radius 3 is 2.38 bits per heavy atom. The van der Waals surface area contributed by atoms with Crippen molar-refractivity contribution < 1.29 is 21.9 Å². The number of hydrogen-bond donors (Lipinski definition) is 0. The average molecular weight is 487 g/mol. The number of aromatic nitrogens is 5. The van der Waals surface area contributed by atoms with Gasteiger partial charge in [0.25, 0.3) is 0 Å². The van der Waals surface area contributed by atoms with E-state index in [0.29, 0.717) is 41.9 Å². The summed E-state index contributed by atoms with van der Waals surface area (Å²) in [5, 5.41) is 8.45. The zero-order chi connectivity index (χ0) is 23.9. The minimum atomic E-state index is -4.11. The Kier molecular flexibility index (Phi) is 5.57. The van der Waals surface area contributed by atoms with Gasteiger partial charge in [0, 0.05) is 32.2 Å². The molecule has 0 saturated carbocycles. The first-order chi connectivity index (χ1) is 16.4. The second-order valence-electron chi connectivity index (χ2n) is 7.53. The van der Waals surface area contributed by atoms with Crippen molar-refractivity contribution in [1.29, 1.82) is 0 Å². The lowest BCUT2D eigenvalue weighted by Gasteiger charge is -2.34. The zero-order valence-corrected chi connectivity index (χ0v) is 18.8. The van der Waals surface area contributed by atoms with Gasteiger partial charge in [-0.3, -0.25) is 0 Å². The molecule has 1 aliphatic rings. The summed E-state index contributed by atoms with van der Waals surface area (Å²) in [4.78, 5) is 9.99. The van der Waals surface area contributed by atoms with Crippen LogP contribution in [0.5, 0.6) is 5.75 Å². The highest BCUT2D eigenvalue weighted by Gasteiger charge is 2.32. The number of piperazine rings is 1. The summed E-state index contributed by atoms with van der Waals surface area (Å²) in [7, 11) is -2.52. The van der Waals surface area contributed by atoms with Gasteiger partial charge in [-0.25, -0.2) is 27.2 Å². The average Bonchev–Trinajstić information content (AvgIpc) is 3.28. The quantitative estimate of drug-likeness (QED) is 0.421. The Labute approximate surface area is 193 Å². The molecular weight excluding hydrogens is 468 g/mol. The molecule has 0 aliphatic carbocycles. The van der Waals surface area contributed by atoms with Gasteiger partial charge in [0.1, 0.15) is 28.6 Å². The van der Waals surface area contributed by atoms with E-state index in [-0.39, 0.29) is 13.1 Å². The molecule has 13 heteroatoms. The molecule has 34 heavy (non-hydrogen) atoms. The minimum absolute atomic E-state index is 0.0945. The number of benzene rings is 2. The van der Waals surface area contributed by atoms with E-state index in [9.17, 15) is 17.2 Å². The molecule has 0 radical (unpaired) electrons. The summed E-state index contributed by atoms with van der Waals surface area (Å²) in [6, 6.07) is 9.68. The first kappa shape index (κ1) is 22.1. The van der Waals surface area contributed by atoms with Crippen LogP contribution in [-0.2, 0) is 10.0 Å². The summed E-state index contributed by atoms with van der Waals surface area (Å²) in [6.45, 7) is 0.779. The predicted octanol–water partition coefficient (Wildman–Crippen LogP) is 2.01. The number of fused-ring (bicyclic) bond motifs is 1. The molecule has 4 aromatic rings. The SMILES string of the molecule is COc1ccc(-n2nnc3c(N4CCN(S(=O)(=O)c5ccc(F)cc5F)CC4)ncnc32)cc1. The maximum absolute atomic E-state index is 14.1. The number of ether oxygens (including phenoxy) is 1. The standard InChI is InChI=1S/C21H19F2N7O3S/c1-33-16-5-3-15(4-6-16)30-21-19(26-27-30)20(24-13-25-21)28-8-10-29(11-9-28)34(31,32)18-7-2-14(22)12-17(18)23/h2-7,12-13H,8-11H2,1H3. The number of halogens is 2. The van der Waals surface area contributed by atoms with Crippen LogP contribution in [0.2, 0.25) is 0 Å². The van der Waals surface area contributed by atoms with Crippen LogP contribution in [0.4, 0.5) is 14.6 Å². The molecule has 0 spiro atoms. The van der Waals surface area contributed by atoms with Crippen LogP contribution < -0.4 is 9.64 Å². The highest BCUT2D eigenvalue weighted by atomic mass is 32.2. The highest BCUT2D eigenvalue weighted by Crippen LogP contribution is 2.26. The van der Waals surface area contributed by atoms with Gasteiger partial charge in [0.2, 0.25) is 10.0 Å². The van der Waals surface area contributed by atoms with E-state index < -0.39 is 26.6 Å². The molecule has 0 amide bonds. The van der Waals surface area contributed by atoms with Gasteiger partial charge in [0.15, 0.2) is 17.0 Å². The number of rotatable bonds is 5. The van der Waals surface area contributed by atoms with Crippen LogP contribution >= 0.6 is 0 Å². The van der Waals surface area contributed by atoms with Crippen molar-refractivity contribution in [2.24, 2.45) is 0 Å². The number of methoxy groups -OCH3 is 1. The lowest BCUT2D eigenvalue weighted by molar-refractivity contribution is 0.381. The van der Waals surface area contributed by atoms with Crippen LogP contribution in [0, 0.1) is 11.6 Å². The number of hydrogen-bond acceptors (Lipinski definition) is 8. The van der Waals surface area contributed by atoms with E-state index in [1.807, 2.05) is 17.0 Å². The van der Waals surface area contributed by atoms with E-state index >= 15 is 0 Å². The third-order valence-electron chi connectivity index (χ3n) is 5.59. The van der Waals surface area contributed by atoms with Crippen molar-refractivity contribution in [3.05, 3.63) is 60.4 Å². The van der Waals surface area contributed by atoms with Gasteiger partial charge >= 0.3 is 0 Å². The molecule has 2 aromatic heterocycles. The Bertz CT molecular complexity index is 1450. The number of anilines is 1. The second kappa shape index (κ2) is 8.57. The van der Waals surface area contributed by atoms with E-state index in [4.69, 9.17) is 4.74 Å². The lowest BCUT2D eigenvalue weighted by atomic mass is 10.3. The topological polar surface area (TPSA) is 106 Å². The van der Waals surface area contributed by atoms with Crippen molar-refractivity contribution in [1.82, 2.24) is 29.3 Å². The zero-order valence-electron chi connectivity index (χ0n) is 18.0. The maximum Gasteiger partial charge on any atom is 0.246 e. The fraction of sp³-hybridized carbons (Fsp3) is 0.238. The van der Waals surface area contributed by atoms with Gasteiger partial charge in [0.05, 0.1) is 12.8 Å². The highest BCUT2D eigenvalue weighted by molar-refractivity contribution is 7.89. The van der Waals surface area contributed by atoms with Crippen LogP contribution in [0.15, 0.2) is 53.7 Å². The third-order valence-corrected chi connectivity index (χ3v) is 7.52. The fourth-order valence-corrected chi connectivity index (χ4v) is 5.30. The number of sulfonamides is 1. The van der Waals surface area contributed by atoms with Gasteiger partial charge in [-0.05, 0) is 36.4 Å². The van der Waals surface area contributed by atoms with E-state index in [0.717, 1.165) is 17.8 Å². The van der Waals surface area contributed by atoms with E-state index in [1.165, 1.54) is 10.6 Å². The van der Waals surface area contributed by atoms with Crippen molar-refractivity contribution in [2.75, 3.05) is 38.2 Å². The van der Waals surface area contributed by atoms with Crippen molar-refractivity contribution in [3.63, 3.8) is 0 Å². The van der Waals surface area contributed by atoms with Crippen LogP contribution in [0.1, 0.15) is 0 Å². The van der Waals surface area contributed by atoms with Crippen LogP contribution in [0.25, 0.3) is 16.9 Å². The molecule has 3 heterocycles. The van der Waals surface area contributed by atoms with Crippen molar-refractivity contribution in [3.8, 4) is 11.4 Å². The summed E-state index contributed by atoms with van der Waals surface area (Å²) in [6.07, 6.45) is 1.40. The summed E-state index contributed by atoms with van der Waals surface area (Å²) >= 11 is 0. The van der Waals surface area contributed by atoms with Crippen molar-refractivity contribution in [2.45, 2.75) is 4.90 Å². The Hall–Kier alpha value is -3.71. The smallest absolute Gasteiger partial charge is 0.246 e. The first-order valence-corrected chi connectivity index (χ1v) is 11.7. The molecule has 0 N–H and O–H groups in total. The molecule has 1 aliphatic heterocycles. The van der Waals surface area contributed by atoms with Gasteiger partial charge < -0.3 is 9.64 Å². The molecule has 0 atom stereocenters. The normalized spacial score (nSPS) is 15.1. The molecule has 0 unspecified atom stereocenters. The predicted molar refractivity (Wildman–Crippen MR) is 118 cm³/mol. The summed E-state index contributed by atoms with van der Waals surface area (Å²) in [5.74, 6) is -0.724. The Balaban J connectivity index is 1.38. The molecule has 1 fully saturated rings. The maximum atomic E-state index is 14.1. The molecule has 176 valence electrons.